The Morgan fingerprint density at radius 2 is 1.43 bits per heavy atom. The molecule has 1 amide bonds. The number of benzene rings is 3. The van der Waals surface area contributed by atoms with Gasteiger partial charge in [0.05, 0.1) is 5.69 Å². The van der Waals surface area contributed by atoms with E-state index in [0.717, 1.165) is 33.5 Å². The Kier molecular flexibility index (Phi) is 5.29. The molecule has 0 fully saturated rings. The Morgan fingerprint density at radius 1 is 0.867 bits per heavy atom. The van der Waals surface area contributed by atoms with Crippen molar-refractivity contribution in [2.75, 3.05) is 5.32 Å². The van der Waals surface area contributed by atoms with E-state index in [2.05, 4.69) is 20.8 Å². The molecule has 0 saturated heterocycles. The molecule has 150 valence electrons. The lowest BCUT2D eigenvalue weighted by Crippen LogP contribution is -2.34. The third-order valence-electron chi connectivity index (χ3n) is 4.78. The van der Waals surface area contributed by atoms with E-state index in [-0.39, 0.29) is 11.0 Å². The topological polar surface area (TPSA) is 71.8 Å². The molecular weight excluding hydrogens is 394 g/mol. The molecule has 0 saturated carbocycles. The standard InChI is InChI=1S/C23H21N5OS/c1-14-4-8-17(9-5-14)22(29)25-23(30)24-19-13-21-20(12-16(19)3)26-28(27-21)18-10-6-15(2)7-11-18/h4-13H,1-3H3,(H2,24,25,29,30). The molecule has 4 rings (SSSR count). The van der Waals surface area contributed by atoms with Gasteiger partial charge in [-0.3, -0.25) is 10.1 Å². The van der Waals surface area contributed by atoms with Gasteiger partial charge in [0.15, 0.2) is 5.11 Å². The number of hydrogen-bond acceptors (Lipinski definition) is 4. The molecular formula is C23H21N5OS. The Hall–Kier alpha value is -3.58. The van der Waals surface area contributed by atoms with E-state index in [4.69, 9.17) is 12.2 Å². The summed E-state index contributed by atoms with van der Waals surface area (Å²) in [5.41, 5.74) is 6.96. The van der Waals surface area contributed by atoms with Crippen molar-refractivity contribution in [3.8, 4) is 5.69 Å². The van der Waals surface area contributed by atoms with Crippen LogP contribution in [-0.4, -0.2) is 26.0 Å². The molecule has 0 bridgehead atoms. The van der Waals surface area contributed by atoms with Gasteiger partial charge in [0.1, 0.15) is 11.0 Å². The second kappa shape index (κ2) is 8.04. The average Bonchev–Trinajstić information content (AvgIpc) is 3.11. The maximum Gasteiger partial charge on any atom is 0.257 e. The predicted octanol–water partition coefficient (Wildman–Crippen LogP) is 4.47. The monoisotopic (exact) mass is 415 g/mol. The Labute approximate surface area is 179 Å². The summed E-state index contributed by atoms with van der Waals surface area (Å²) >= 11 is 5.33. The molecule has 0 unspecified atom stereocenters. The molecule has 0 spiro atoms. The number of carbonyl (C=O) groups excluding carboxylic acids is 1. The summed E-state index contributed by atoms with van der Waals surface area (Å²) in [6, 6.07) is 19.2. The minimum atomic E-state index is -0.253. The number of nitrogens with one attached hydrogen (secondary N) is 2. The van der Waals surface area contributed by atoms with Crippen LogP contribution in [0.1, 0.15) is 27.0 Å². The van der Waals surface area contributed by atoms with E-state index in [1.165, 1.54) is 5.56 Å². The van der Waals surface area contributed by atoms with Gasteiger partial charge in [0.2, 0.25) is 0 Å². The molecule has 0 radical (unpaired) electrons. The fourth-order valence-corrected chi connectivity index (χ4v) is 3.23. The van der Waals surface area contributed by atoms with Gasteiger partial charge < -0.3 is 5.32 Å². The van der Waals surface area contributed by atoms with Crippen molar-refractivity contribution in [2.45, 2.75) is 20.8 Å². The molecule has 0 atom stereocenters. The smallest absolute Gasteiger partial charge is 0.257 e. The van der Waals surface area contributed by atoms with Crippen LogP contribution in [0.4, 0.5) is 5.69 Å². The number of anilines is 1. The largest absolute Gasteiger partial charge is 0.332 e. The minimum absolute atomic E-state index is 0.231. The van der Waals surface area contributed by atoms with Crippen molar-refractivity contribution < 1.29 is 4.79 Å². The number of aryl methyl sites for hydroxylation is 3. The summed E-state index contributed by atoms with van der Waals surface area (Å²) < 4.78 is 0. The van der Waals surface area contributed by atoms with Gasteiger partial charge in [-0.1, -0.05) is 35.4 Å². The molecule has 0 aliphatic heterocycles. The van der Waals surface area contributed by atoms with E-state index in [1.807, 2.05) is 69.3 Å². The van der Waals surface area contributed by atoms with E-state index in [1.54, 1.807) is 16.9 Å². The van der Waals surface area contributed by atoms with Crippen LogP contribution in [0.3, 0.4) is 0 Å². The van der Waals surface area contributed by atoms with E-state index in [0.29, 0.717) is 5.56 Å². The zero-order valence-corrected chi connectivity index (χ0v) is 17.7. The molecule has 0 aliphatic rings. The molecule has 3 aromatic carbocycles. The Balaban J connectivity index is 1.52. The zero-order valence-electron chi connectivity index (χ0n) is 16.9. The lowest BCUT2D eigenvalue weighted by atomic mass is 10.1. The van der Waals surface area contributed by atoms with Gasteiger partial charge in [-0.2, -0.15) is 4.80 Å². The van der Waals surface area contributed by atoms with Crippen LogP contribution >= 0.6 is 12.2 Å². The van der Waals surface area contributed by atoms with Gasteiger partial charge in [-0.15, -0.1) is 10.2 Å². The second-order valence-electron chi connectivity index (χ2n) is 7.26. The SMILES string of the molecule is Cc1ccc(C(=O)NC(=S)Nc2cc3nn(-c4ccc(C)cc4)nc3cc2C)cc1. The molecule has 7 heteroatoms. The van der Waals surface area contributed by atoms with Crippen LogP contribution in [-0.2, 0) is 0 Å². The fourth-order valence-electron chi connectivity index (χ4n) is 3.03. The molecule has 1 aromatic heterocycles. The first kappa shape index (κ1) is 19.7. The van der Waals surface area contributed by atoms with Crippen molar-refractivity contribution in [1.29, 1.82) is 0 Å². The van der Waals surface area contributed by atoms with Crippen molar-refractivity contribution in [1.82, 2.24) is 20.3 Å². The molecule has 2 N–H and O–H groups in total. The van der Waals surface area contributed by atoms with Crippen LogP contribution < -0.4 is 10.6 Å². The number of nitrogens with zero attached hydrogens (tertiary/aromatic N) is 3. The van der Waals surface area contributed by atoms with Crippen molar-refractivity contribution in [2.24, 2.45) is 0 Å². The van der Waals surface area contributed by atoms with E-state index >= 15 is 0 Å². The highest BCUT2D eigenvalue weighted by Crippen LogP contribution is 2.22. The summed E-state index contributed by atoms with van der Waals surface area (Å²) in [7, 11) is 0. The maximum absolute atomic E-state index is 12.4. The normalized spacial score (nSPS) is 10.8. The van der Waals surface area contributed by atoms with Gasteiger partial charge >= 0.3 is 0 Å². The number of aromatic nitrogens is 3. The number of rotatable bonds is 3. The minimum Gasteiger partial charge on any atom is -0.332 e. The molecule has 4 aromatic rings. The summed E-state index contributed by atoms with van der Waals surface area (Å²) in [6.07, 6.45) is 0. The second-order valence-corrected chi connectivity index (χ2v) is 7.66. The molecule has 30 heavy (non-hydrogen) atoms. The highest BCUT2D eigenvalue weighted by atomic mass is 32.1. The van der Waals surface area contributed by atoms with Crippen molar-refractivity contribution in [3.63, 3.8) is 0 Å². The quantitative estimate of drug-likeness (QED) is 0.483. The first-order chi connectivity index (χ1) is 14.4. The van der Waals surface area contributed by atoms with Gasteiger partial charge in [-0.25, -0.2) is 0 Å². The summed E-state index contributed by atoms with van der Waals surface area (Å²) in [6.45, 7) is 5.97. The van der Waals surface area contributed by atoms with Gasteiger partial charge in [0.25, 0.3) is 5.91 Å². The fraction of sp³-hybridized carbons (Fsp3) is 0.130. The Bertz CT molecular complexity index is 1240. The maximum atomic E-state index is 12.4. The van der Waals surface area contributed by atoms with Crippen LogP contribution in [0, 0.1) is 20.8 Å². The van der Waals surface area contributed by atoms with Crippen LogP contribution in [0.25, 0.3) is 16.7 Å². The lowest BCUT2D eigenvalue weighted by Gasteiger charge is -2.11. The third-order valence-corrected chi connectivity index (χ3v) is 4.98. The Morgan fingerprint density at radius 3 is 2.07 bits per heavy atom. The first-order valence-corrected chi connectivity index (χ1v) is 9.93. The van der Waals surface area contributed by atoms with Gasteiger partial charge in [-0.05, 0) is 75.0 Å². The highest BCUT2D eigenvalue weighted by molar-refractivity contribution is 7.80. The number of thiocarbonyl (C=S) groups is 1. The number of hydrogen-bond donors (Lipinski definition) is 2. The van der Waals surface area contributed by atoms with Crippen LogP contribution in [0.5, 0.6) is 0 Å². The zero-order chi connectivity index (χ0) is 21.3. The van der Waals surface area contributed by atoms with Crippen molar-refractivity contribution >= 4 is 40.0 Å². The van der Waals surface area contributed by atoms with E-state index < -0.39 is 0 Å². The summed E-state index contributed by atoms with van der Waals surface area (Å²) in [5.74, 6) is -0.253. The summed E-state index contributed by atoms with van der Waals surface area (Å²) in [4.78, 5) is 14.0. The average molecular weight is 416 g/mol. The van der Waals surface area contributed by atoms with Crippen LogP contribution in [0.2, 0.25) is 0 Å². The lowest BCUT2D eigenvalue weighted by molar-refractivity contribution is 0.0977. The number of fused-ring (bicyclic) bond motifs is 1. The number of amides is 1. The summed E-state index contributed by atoms with van der Waals surface area (Å²) in [5, 5.41) is 15.2. The number of carbonyl (C=O) groups is 1. The molecule has 6 nitrogen and oxygen atoms in total. The predicted molar refractivity (Wildman–Crippen MR) is 123 cm³/mol. The van der Waals surface area contributed by atoms with Crippen molar-refractivity contribution in [3.05, 3.63) is 82.9 Å². The molecule has 0 aliphatic carbocycles. The van der Waals surface area contributed by atoms with Gasteiger partial charge in [0, 0.05) is 11.3 Å². The van der Waals surface area contributed by atoms with Crippen LogP contribution in [0.15, 0.2) is 60.7 Å². The third kappa shape index (κ3) is 4.21. The van der Waals surface area contributed by atoms with E-state index in [9.17, 15) is 4.79 Å². The first-order valence-electron chi connectivity index (χ1n) is 9.53. The molecule has 1 heterocycles. The highest BCUT2D eigenvalue weighted by Gasteiger charge is 2.12.